The van der Waals surface area contributed by atoms with E-state index < -0.39 is 17.6 Å². The minimum atomic E-state index is -1.24. The number of benzene rings is 2. The highest BCUT2D eigenvalue weighted by molar-refractivity contribution is 6.31. The van der Waals surface area contributed by atoms with E-state index >= 15 is 0 Å². The number of halogens is 1. The number of rotatable bonds is 3. The fraction of sp³-hybridized carbons (Fsp3) is 0.0667. The van der Waals surface area contributed by atoms with Gasteiger partial charge in [0.15, 0.2) is 0 Å². The molecule has 1 amide bonds. The minimum absolute atomic E-state index is 0.230. The molecular formula is C15H12ClNO4. The monoisotopic (exact) mass is 305 g/mol. The molecule has 0 aromatic heterocycles. The summed E-state index contributed by atoms with van der Waals surface area (Å²) in [6, 6.07) is 8.69. The second-order valence-electron chi connectivity index (χ2n) is 4.46. The zero-order valence-electron chi connectivity index (χ0n) is 11.1. The average molecular weight is 306 g/mol. The lowest BCUT2D eigenvalue weighted by atomic mass is 10.1. The lowest BCUT2D eigenvalue weighted by Crippen LogP contribution is -2.12. The molecule has 0 bridgehead atoms. The number of hydrogen-bond acceptors (Lipinski definition) is 3. The number of aryl methyl sites for hydroxylation is 1. The molecule has 5 nitrogen and oxygen atoms in total. The molecule has 0 aliphatic rings. The van der Waals surface area contributed by atoms with E-state index in [1.165, 1.54) is 24.3 Å². The second-order valence-corrected chi connectivity index (χ2v) is 4.86. The first kappa shape index (κ1) is 14.9. The summed E-state index contributed by atoms with van der Waals surface area (Å²) in [7, 11) is 0. The number of amides is 1. The molecule has 0 saturated heterocycles. The Morgan fingerprint density at radius 2 is 1.86 bits per heavy atom. The van der Waals surface area contributed by atoms with Crippen LogP contribution in [0.4, 0.5) is 5.69 Å². The van der Waals surface area contributed by atoms with Gasteiger partial charge in [-0.25, -0.2) is 4.79 Å². The number of carbonyl (C=O) groups excluding carboxylic acids is 1. The number of aromatic carboxylic acids is 1. The fourth-order valence-corrected chi connectivity index (χ4v) is 1.91. The number of carbonyl (C=O) groups is 2. The molecule has 21 heavy (non-hydrogen) atoms. The van der Waals surface area contributed by atoms with Crippen LogP contribution in [0, 0.1) is 6.92 Å². The number of aromatic hydroxyl groups is 1. The Hall–Kier alpha value is -2.53. The molecule has 0 fully saturated rings. The third-order valence-corrected chi connectivity index (χ3v) is 3.33. The van der Waals surface area contributed by atoms with Gasteiger partial charge in [0.25, 0.3) is 5.91 Å². The summed E-state index contributed by atoms with van der Waals surface area (Å²) >= 11 is 5.96. The first-order valence-electron chi connectivity index (χ1n) is 6.02. The highest BCUT2D eigenvalue weighted by atomic mass is 35.5. The van der Waals surface area contributed by atoms with Gasteiger partial charge in [-0.2, -0.15) is 0 Å². The van der Waals surface area contributed by atoms with Gasteiger partial charge in [0, 0.05) is 22.3 Å². The number of hydrogen-bond donors (Lipinski definition) is 3. The van der Waals surface area contributed by atoms with Gasteiger partial charge < -0.3 is 15.5 Å². The molecule has 2 aromatic carbocycles. The molecule has 3 N–H and O–H groups in total. The zero-order valence-corrected chi connectivity index (χ0v) is 11.8. The van der Waals surface area contributed by atoms with Crippen molar-refractivity contribution in [3.63, 3.8) is 0 Å². The van der Waals surface area contributed by atoms with Gasteiger partial charge in [-0.3, -0.25) is 4.79 Å². The fourth-order valence-electron chi connectivity index (χ4n) is 1.73. The van der Waals surface area contributed by atoms with E-state index in [9.17, 15) is 14.7 Å². The molecule has 0 saturated carbocycles. The summed E-state index contributed by atoms with van der Waals surface area (Å²) in [5.74, 6) is -2.06. The Morgan fingerprint density at radius 1 is 1.14 bits per heavy atom. The predicted octanol–water partition coefficient (Wildman–Crippen LogP) is 3.30. The van der Waals surface area contributed by atoms with E-state index in [1.807, 2.05) is 6.92 Å². The Bertz CT molecular complexity index is 728. The largest absolute Gasteiger partial charge is 0.507 e. The number of phenols is 1. The second kappa shape index (κ2) is 5.85. The van der Waals surface area contributed by atoms with Gasteiger partial charge in [-0.15, -0.1) is 0 Å². The Balaban J connectivity index is 2.21. The third-order valence-electron chi connectivity index (χ3n) is 2.92. The van der Waals surface area contributed by atoms with Crippen molar-refractivity contribution in [2.75, 3.05) is 5.32 Å². The molecular weight excluding hydrogens is 294 g/mol. The quantitative estimate of drug-likeness (QED) is 0.812. The topological polar surface area (TPSA) is 86.6 Å². The maximum Gasteiger partial charge on any atom is 0.339 e. The van der Waals surface area contributed by atoms with Crippen LogP contribution in [0.2, 0.25) is 5.02 Å². The van der Waals surface area contributed by atoms with Gasteiger partial charge in [0.1, 0.15) is 11.3 Å². The Kier molecular flexibility index (Phi) is 4.14. The van der Waals surface area contributed by atoms with Crippen LogP contribution in [0.3, 0.4) is 0 Å². The van der Waals surface area contributed by atoms with Crippen LogP contribution < -0.4 is 5.32 Å². The van der Waals surface area contributed by atoms with Gasteiger partial charge in [0.2, 0.25) is 0 Å². The van der Waals surface area contributed by atoms with E-state index in [-0.39, 0.29) is 5.56 Å². The lowest BCUT2D eigenvalue weighted by Gasteiger charge is -2.08. The molecule has 0 spiro atoms. The lowest BCUT2D eigenvalue weighted by molar-refractivity contribution is 0.0693. The van der Waals surface area contributed by atoms with Crippen LogP contribution in [-0.4, -0.2) is 22.1 Å². The number of carboxylic acids is 1. The predicted molar refractivity (Wildman–Crippen MR) is 79.2 cm³/mol. The van der Waals surface area contributed by atoms with Crippen molar-refractivity contribution >= 4 is 29.2 Å². The first-order chi connectivity index (χ1) is 9.88. The van der Waals surface area contributed by atoms with Crippen molar-refractivity contribution in [3.05, 3.63) is 58.1 Å². The van der Waals surface area contributed by atoms with Crippen molar-refractivity contribution in [2.45, 2.75) is 6.92 Å². The van der Waals surface area contributed by atoms with Crippen LogP contribution in [0.15, 0.2) is 36.4 Å². The maximum atomic E-state index is 12.0. The summed E-state index contributed by atoms with van der Waals surface area (Å²) < 4.78 is 0. The van der Waals surface area contributed by atoms with Crippen LogP contribution >= 0.6 is 11.6 Å². The van der Waals surface area contributed by atoms with E-state index in [0.29, 0.717) is 16.3 Å². The summed E-state index contributed by atoms with van der Waals surface area (Å²) in [6.45, 7) is 1.83. The van der Waals surface area contributed by atoms with Crippen molar-refractivity contribution in [1.29, 1.82) is 0 Å². The first-order valence-corrected chi connectivity index (χ1v) is 6.40. The SMILES string of the molecule is Cc1ccc(C(=O)Nc2ccc(C(=O)O)c(O)c2)cc1Cl. The summed E-state index contributed by atoms with van der Waals surface area (Å²) in [5.41, 5.74) is 1.29. The van der Waals surface area contributed by atoms with E-state index in [2.05, 4.69) is 5.32 Å². The third kappa shape index (κ3) is 3.32. The van der Waals surface area contributed by atoms with Gasteiger partial charge in [-0.1, -0.05) is 17.7 Å². The molecule has 0 heterocycles. The van der Waals surface area contributed by atoms with Crippen LogP contribution in [0.5, 0.6) is 5.75 Å². The molecule has 0 atom stereocenters. The average Bonchev–Trinajstić information content (AvgIpc) is 2.41. The maximum absolute atomic E-state index is 12.0. The Morgan fingerprint density at radius 3 is 2.43 bits per heavy atom. The smallest absolute Gasteiger partial charge is 0.339 e. The van der Waals surface area contributed by atoms with Gasteiger partial charge in [-0.05, 0) is 36.8 Å². The molecule has 108 valence electrons. The highest BCUT2D eigenvalue weighted by Crippen LogP contribution is 2.23. The standard InChI is InChI=1S/C15H12ClNO4/c1-8-2-3-9(6-12(8)16)14(19)17-10-4-5-11(15(20)21)13(18)7-10/h2-7,18H,1H3,(H,17,19)(H,20,21). The molecule has 2 rings (SSSR count). The molecule has 2 aromatic rings. The van der Waals surface area contributed by atoms with Gasteiger partial charge in [0.05, 0.1) is 0 Å². The van der Waals surface area contributed by atoms with E-state index in [4.69, 9.17) is 16.7 Å². The molecule has 0 radical (unpaired) electrons. The summed E-state index contributed by atoms with van der Waals surface area (Å²) in [5, 5.41) is 21.4. The molecule has 0 aliphatic heterocycles. The number of anilines is 1. The van der Waals surface area contributed by atoms with Crippen molar-refractivity contribution in [3.8, 4) is 5.75 Å². The van der Waals surface area contributed by atoms with Crippen LogP contribution in [0.25, 0.3) is 0 Å². The summed E-state index contributed by atoms with van der Waals surface area (Å²) in [4.78, 5) is 22.8. The van der Waals surface area contributed by atoms with Crippen molar-refractivity contribution in [1.82, 2.24) is 0 Å². The minimum Gasteiger partial charge on any atom is -0.507 e. The van der Waals surface area contributed by atoms with Crippen molar-refractivity contribution < 1.29 is 19.8 Å². The zero-order chi connectivity index (χ0) is 15.6. The van der Waals surface area contributed by atoms with E-state index in [1.54, 1.807) is 12.1 Å². The van der Waals surface area contributed by atoms with Crippen LogP contribution in [0.1, 0.15) is 26.3 Å². The number of nitrogens with one attached hydrogen (secondary N) is 1. The normalized spacial score (nSPS) is 10.2. The van der Waals surface area contributed by atoms with E-state index in [0.717, 1.165) is 5.56 Å². The molecule has 0 aliphatic carbocycles. The summed E-state index contributed by atoms with van der Waals surface area (Å²) in [6.07, 6.45) is 0. The van der Waals surface area contributed by atoms with Crippen LogP contribution in [-0.2, 0) is 0 Å². The Labute approximate surface area is 125 Å². The number of carboxylic acid groups (broad SMARTS) is 1. The molecule has 6 heteroatoms. The molecule has 0 unspecified atom stereocenters. The highest BCUT2D eigenvalue weighted by Gasteiger charge is 2.12. The van der Waals surface area contributed by atoms with Gasteiger partial charge >= 0.3 is 5.97 Å². The van der Waals surface area contributed by atoms with Crippen molar-refractivity contribution in [2.24, 2.45) is 0 Å².